The highest BCUT2D eigenvalue weighted by Crippen LogP contribution is 2.37. The Hall–Kier alpha value is -4.26. The number of benzene rings is 2. The number of fused-ring (bicyclic) bond motifs is 1. The van der Waals surface area contributed by atoms with Gasteiger partial charge < -0.3 is 26.1 Å². The van der Waals surface area contributed by atoms with Crippen molar-refractivity contribution in [2.75, 3.05) is 11.1 Å². The summed E-state index contributed by atoms with van der Waals surface area (Å²) in [5.74, 6) is 0.815. The third kappa shape index (κ3) is 3.54. The number of nitrogens with one attached hydrogen (secondary N) is 3. The van der Waals surface area contributed by atoms with E-state index in [0.717, 1.165) is 39.0 Å². The van der Waals surface area contributed by atoms with Crippen molar-refractivity contribution in [2.24, 2.45) is 0 Å². The molecule has 0 amide bonds. The van der Waals surface area contributed by atoms with Crippen LogP contribution < -0.4 is 11.1 Å². The highest BCUT2D eigenvalue weighted by molar-refractivity contribution is 6.01. The van der Waals surface area contributed by atoms with Crippen molar-refractivity contribution in [1.29, 1.82) is 0 Å². The summed E-state index contributed by atoms with van der Waals surface area (Å²) < 4.78 is 0. The quantitative estimate of drug-likeness (QED) is 0.243. The first-order valence-electron chi connectivity index (χ1n) is 10.4. The molecule has 0 unspecified atom stereocenters. The highest BCUT2D eigenvalue weighted by atomic mass is 16.3. The van der Waals surface area contributed by atoms with E-state index in [9.17, 15) is 5.11 Å². The van der Waals surface area contributed by atoms with E-state index in [1.807, 2.05) is 30.5 Å². The molecule has 32 heavy (non-hydrogen) atoms. The second-order valence-electron chi connectivity index (χ2n) is 7.97. The lowest BCUT2D eigenvalue weighted by Crippen LogP contribution is -2.10. The maximum Gasteiger partial charge on any atom is 0.143 e. The molecule has 0 bridgehead atoms. The maximum absolute atomic E-state index is 10.0. The molecule has 5 rings (SSSR count). The predicted octanol–water partition coefficient (Wildman–Crippen LogP) is 5.39. The summed E-state index contributed by atoms with van der Waals surface area (Å²) in [5.41, 5.74) is 13.3. The number of nitrogen functional groups attached to an aromatic ring is 1. The molecule has 7 heteroatoms. The molecule has 7 nitrogen and oxygen atoms in total. The first kappa shape index (κ1) is 19.7. The largest absolute Gasteiger partial charge is 0.508 e. The molecule has 160 valence electrons. The van der Waals surface area contributed by atoms with Gasteiger partial charge in [0.25, 0.3) is 0 Å². The Labute approximate surface area is 185 Å². The highest BCUT2D eigenvalue weighted by Gasteiger charge is 2.19. The van der Waals surface area contributed by atoms with Gasteiger partial charge in [0.1, 0.15) is 23.5 Å². The molecule has 2 aromatic carbocycles. The molecule has 0 saturated heterocycles. The SMILES string of the molecule is Cc1cc(-c2ccccc2)c([C@H](C)Nc2ncnc3[nH]cc(-c4cc(N)cc(O)c4)c23)[nH]1. The van der Waals surface area contributed by atoms with Gasteiger partial charge in [-0.3, -0.25) is 0 Å². The van der Waals surface area contributed by atoms with Crippen LogP contribution in [0.5, 0.6) is 5.75 Å². The summed E-state index contributed by atoms with van der Waals surface area (Å²) in [4.78, 5) is 15.6. The lowest BCUT2D eigenvalue weighted by atomic mass is 10.0. The van der Waals surface area contributed by atoms with Gasteiger partial charge in [-0.05, 0) is 43.2 Å². The average molecular weight is 425 g/mol. The normalized spacial score (nSPS) is 12.2. The Morgan fingerprint density at radius 1 is 1.00 bits per heavy atom. The summed E-state index contributed by atoms with van der Waals surface area (Å²) in [6.07, 6.45) is 3.39. The number of phenols is 1. The number of aryl methyl sites for hydroxylation is 1. The number of anilines is 2. The number of nitrogens with zero attached hydrogens (tertiary/aromatic N) is 2. The number of hydrogen-bond donors (Lipinski definition) is 5. The van der Waals surface area contributed by atoms with Crippen molar-refractivity contribution < 1.29 is 5.11 Å². The van der Waals surface area contributed by atoms with Crippen molar-refractivity contribution in [3.8, 4) is 28.0 Å². The van der Waals surface area contributed by atoms with Crippen molar-refractivity contribution in [3.05, 3.63) is 78.5 Å². The number of aromatic hydroxyl groups is 1. The van der Waals surface area contributed by atoms with Crippen LogP contribution in [0.4, 0.5) is 11.5 Å². The Bertz CT molecular complexity index is 1380. The fourth-order valence-electron chi connectivity index (χ4n) is 4.18. The van der Waals surface area contributed by atoms with Crippen LogP contribution in [0.1, 0.15) is 24.4 Å². The van der Waals surface area contributed by atoms with Gasteiger partial charge in [0.15, 0.2) is 0 Å². The number of phenolic OH excluding ortho intramolecular Hbond substituents is 1. The molecule has 3 heterocycles. The Morgan fingerprint density at radius 3 is 2.59 bits per heavy atom. The van der Waals surface area contributed by atoms with E-state index in [1.165, 1.54) is 12.4 Å². The van der Waals surface area contributed by atoms with Crippen LogP contribution in [0.2, 0.25) is 0 Å². The van der Waals surface area contributed by atoms with Gasteiger partial charge in [-0.25, -0.2) is 9.97 Å². The van der Waals surface area contributed by atoms with Crippen molar-refractivity contribution in [2.45, 2.75) is 19.9 Å². The van der Waals surface area contributed by atoms with Crippen LogP contribution in [0, 0.1) is 6.92 Å². The standard InChI is InChI=1S/C25H24N6O/c1-14-8-20(16-6-4-3-5-7-16)23(30-14)15(2)31-25-22-21(12-27-24(22)28-13-29-25)17-9-18(26)11-19(32)10-17/h3-13,15,30,32H,26H2,1-2H3,(H2,27,28,29,31)/t15-/m0/s1. The number of aromatic amines is 2. The molecule has 0 aliphatic rings. The topological polar surface area (TPSA) is 116 Å². The Balaban J connectivity index is 1.57. The van der Waals surface area contributed by atoms with Gasteiger partial charge >= 0.3 is 0 Å². The summed E-state index contributed by atoms with van der Waals surface area (Å²) >= 11 is 0. The zero-order chi connectivity index (χ0) is 22.2. The van der Waals surface area contributed by atoms with Crippen LogP contribution in [-0.4, -0.2) is 25.0 Å². The minimum Gasteiger partial charge on any atom is -0.508 e. The molecule has 0 saturated carbocycles. The monoisotopic (exact) mass is 424 g/mol. The summed E-state index contributed by atoms with van der Waals surface area (Å²) in [7, 11) is 0. The van der Waals surface area contributed by atoms with Crippen LogP contribution >= 0.6 is 0 Å². The lowest BCUT2D eigenvalue weighted by Gasteiger charge is -2.17. The van der Waals surface area contributed by atoms with Gasteiger partial charge in [-0.15, -0.1) is 0 Å². The molecule has 1 atom stereocenters. The fraction of sp³-hybridized carbons (Fsp3) is 0.120. The number of nitrogens with two attached hydrogens (primary N) is 1. The molecular weight excluding hydrogens is 400 g/mol. The van der Waals surface area contributed by atoms with E-state index in [0.29, 0.717) is 17.2 Å². The van der Waals surface area contributed by atoms with E-state index in [2.05, 4.69) is 57.3 Å². The molecule has 0 aliphatic heterocycles. The zero-order valence-electron chi connectivity index (χ0n) is 17.8. The minimum atomic E-state index is -0.0472. The fourth-order valence-corrected chi connectivity index (χ4v) is 4.18. The molecule has 0 aliphatic carbocycles. The van der Waals surface area contributed by atoms with Crippen LogP contribution in [0.3, 0.4) is 0 Å². The van der Waals surface area contributed by atoms with Gasteiger partial charge in [-0.1, -0.05) is 30.3 Å². The maximum atomic E-state index is 10.0. The van der Waals surface area contributed by atoms with E-state index in [-0.39, 0.29) is 11.8 Å². The van der Waals surface area contributed by atoms with Gasteiger partial charge in [0.05, 0.1) is 11.4 Å². The smallest absolute Gasteiger partial charge is 0.143 e. The minimum absolute atomic E-state index is 0.0472. The van der Waals surface area contributed by atoms with E-state index < -0.39 is 0 Å². The number of hydrogen-bond acceptors (Lipinski definition) is 5. The molecule has 0 spiro atoms. The average Bonchev–Trinajstić information content (AvgIpc) is 3.38. The van der Waals surface area contributed by atoms with Gasteiger partial charge in [0.2, 0.25) is 0 Å². The molecule has 3 aromatic heterocycles. The van der Waals surface area contributed by atoms with Gasteiger partial charge in [-0.2, -0.15) is 0 Å². The first-order valence-corrected chi connectivity index (χ1v) is 10.4. The van der Waals surface area contributed by atoms with Crippen molar-refractivity contribution in [3.63, 3.8) is 0 Å². The summed E-state index contributed by atoms with van der Waals surface area (Å²) in [5, 5.41) is 14.4. The Kier molecular flexibility index (Phi) is 4.78. The van der Waals surface area contributed by atoms with Crippen LogP contribution in [0.25, 0.3) is 33.3 Å². The van der Waals surface area contributed by atoms with E-state index in [1.54, 1.807) is 6.07 Å². The molecule has 5 aromatic rings. The molecule has 6 N–H and O–H groups in total. The van der Waals surface area contributed by atoms with E-state index >= 15 is 0 Å². The summed E-state index contributed by atoms with van der Waals surface area (Å²) in [6.45, 7) is 4.16. The Morgan fingerprint density at radius 2 is 1.81 bits per heavy atom. The predicted molar refractivity (Wildman–Crippen MR) is 128 cm³/mol. The number of aromatic nitrogens is 4. The molecular formula is C25H24N6O. The van der Waals surface area contributed by atoms with Crippen LogP contribution in [-0.2, 0) is 0 Å². The van der Waals surface area contributed by atoms with Crippen molar-refractivity contribution >= 4 is 22.5 Å². The summed E-state index contributed by atoms with van der Waals surface area (Å²) in [6, 6.07) is 17.5. The third-order valence-corrected chi connectivity index (χ3v) is 5.57. The number of rotatable bonds is 5. The third-order valence-electron chi connectivity index (χ3n) is 5.57. The second-order valence-corrected chi connectivity index (χ2v) is 7.97. The zero-order valence-corrected chi connectivity index (χ0v) is 17.8. The van der Waals surface area contributed by atoms with Crippen LogP contribution in [0.15, 0.2) is 67.1 Å². The van der Waals surface area contributed by atoms with E-state index in [4.69, 9.17) is 5.73 Å². The molecule has 0 fully saturated rings. The first-order chi connectivity index (χ1) is 15.5. The lowest BCUT2D eigenvalue weighted by molar-refractivity contribution is 0.476. The number of H-pyrrole nitrogens is 2. The van der Waals surface area contributed by atoms with Crippen molar-refractivity contribution in [1.82, 2.24) is 19.9 Å². The van der Waals surface area contributed by atoms with Gasteiger partial charge in [0, 0.05) is 40.5 Å². The molecule has 0 radical (unpaired) electrons. The second kappa shape index (κ2) is 7.77.